The largest absolute Gasteiger partial charge is 0.335 e. The minimum Gasteiger partial charge on any atom is -0.335 e. The van der Waals surface area contributed by atoms with Crippen LogP contribution in [0.15, 0.2) is 24.3 Å². The standard InChI is InChI=1S/C20H30N2O/c1-20(2,3)16-9-6-14(7-10-16)18-5-4-12-22(18)19(23)15-8-11-17(21)13-15/h6-7,9-10,15,17-18H,4-5,8,11-13,21H2,1-3H3. The molecule has 1 saturated carbocycles. The minimum absolute atomic E-state index is 0.152. The highest BCUT2D eigenvalue weighted by Gasteiger charge is 2.36. The summed E-state index contributed by atoms with van der Waals surface area (Å²) in [7, 11) is 0. The summed E-state index contributed by atoms with van der Waals surface area (Å²) in [6, 6.07) is 9.36. The Bertz CT molecular complexity index is 558. The molecule has 23 heavy (non-hydrogen) atoms. The molecule has 1 aromatic carbocycles. The van der Waals surface area contributed by atoms with E-state index >= 15 is 0 Å². The number of carbonyl (C=O) groups is 1. The Morgan fingerprint density at radius 3 is 2.39 bits per heavy atom. The third-order valence-corrected chi connectivity index (χ3v) is 5.52. The fourth-order valence-corrected chi connectivity index (χ4v) is 4.06. The van der Waals surface area contributed by atoms with Crippen molar-refractivity contribution < 1.29 is 4.79 Å². The molecule has 2 fully saturated rings. The summed E-state index contributed by atoms with van der Waals surface area (Å²) >= 11 is 0. The lowest BCUT2D eigenvalue weighted by atomic mass is 9.86. The first-order chi connectivity index (χ1) is 10.9. The topological polar surface area (TPSA) is 46.3 Å². The maximum atomic E-state index is 12.9. The number of carbonyl (C=O) groups excluding carboxylic acids is 1. The van der Waals surface area contributed by atoms with E-state index in [2.05, 4.69) is 49.9 Å². The highest BCUT2D eigenvalue weighted by Crippen LogP contribution is 2.36. The van der Waals surface area contributed by atoms with E-state index in [9.17, 15) is 4.79 Å². The molecule has 3 rings (SSSR count). The van der Waals surface area contributed by atoms with Gasteiger partial charge < -0.3 is 10.6 Å². The predicted molar refractivity (Wildman–Crippen MR) is 94.1 cm³/mol. The van der Waals surface area contributed by atoms with E-state index < -0.39 is 0 Å². The van der Waals surface area contributed by atoms with E-state index in [4.69, 9.17) is 5.73 Å². The Kier molecular flexibility index (Phi) is 4.50. The second-order valence-corrected chi connectivity index (χ2v) is 8.33. The van der Waals surface area contributed by atoms with Crippen LogP contribution in [0.25, 0.3) is 0 Å². The van der Waals surface area contributed by atoms with Crippen molar-refractivity contribution in [2.24, 2.45) is 11.7 Å². The second-order valence-electron chi connectivity index (χ2n) is 8.33. The van der Waals surface area contributed by atoms with Gasteiger partial charge in [-0.3, -0.25) is 4.79 Å². The number of hydrogen-bond donors (Lipinski definition) is 1. The molecule has 126 valence electrons. The summed E-state index contributed by atoms with van der Waals surface area (Å²) in [5.74, 6) is 0.486. The monoisotopic (exact) mass is 314 g/mol. The van der Waals surface area contributed by atoms with E-state index in [0.717, 1.165) is 38.6 Å². The van der Waals surface area contributed by atoms with E-state index in [1.54, 1.807) is 0 Å². The Morgan fingerprint density at radius 2 is 1.83 bits per heavy atom. The van der Waals surface area contributed by atoms with Crippen molar-refractivity contribution in [3.63, 3.8) is 0 Å². The van der Waals surface area contributed by atoms with Crippen LogP contribution in [0.1, 0.15) is 70.0 Å². The first-order valence-electron chi connectivity index (χ1n) is 9.03. The third kappa shape index (κ3) is 3.45. The van der Waals surface area contributed by atoms with E-state index in [1.165, 1.54) is 11.1 Å². The number of benzene rings is 1. The van der Waals surface area contributed by atoms with E-state index in [-0.39, 0.29) is 23.4 Å². The number of rotatable bonds is 2. The van der Waals surface area contributed by atoms with Gasteiger partial charge in [0.1, 0.15) is 0 Å². The molecule has 2 N–H and O–H groups in total. The van der Waals surface area contributed by atoms with Gasteiger partial charge in [0.15, 0.2) is 0 Å². The molecular formula is C20H30N2O. The van der Waals surface area contributed by atoms with Gasteiger partial charge >= 0.3 is 0 Å². The fourth-order valence-electron chi connectivity index (χ4n) is 4.06. The lowest BCUT2D eigenvalue weighted by Gasteiger charge is -2.28. The number of likely N-dealkylation sites (tertiary alicyclic amines) is 1. The minimum atomic E-state index is 0.152. The Balaban J connectivity index is 1.75. The van der Waals surface area contributed by atoms with Gasteiger partial charge in [-0.15, -0.1) is 0 Å². The maximum Gasteiger partial charge on any atom is 0.226 e. The van der Waals surface area contributed by atoms with Crippen LogP contribution in [0.3, 0.4) is 0 Å². The van der Waals surface area contributed by atoms with Crippen LogP contribution < -0.4 is 5.73 Å². The molecule has 0 aromatic heterocycles. The Labute approximate surface area is 140 Å². The Hall–Kier alpha value is -1.35. The van der Waals surface area contributed by atoms with Crippen molar-refractivity contribution >= 4 is 5.91 Å². The lowest BCUT2D eigenvalue weighted by molar-refractivity contribution is -0.136. The molecule has 1 aliphatic carbocycles. The molecule has 1 saturated heterocycles. The van der Waals surface area contributed by atoms with Crippen LogP contribution >= 0.6 is 0 Å². The molecule has 2 aliphatic rings. The molecule has 1 heterocycles. The van der Waals surface area contributed by atoms with Crippen LogP contribution in [0.2, 0.25) is 0 Å². The number of nitrogens with zero attached hydrogens (tertiary/aromatic N) is 1. The molecule has 3 atom stereocenters. The quantitative estimate of drug-likeness (QED) is 0.903. The SMILES string of the molecule is CC(C)(C)c1ccc(C2CCCN2C(=O)C2CCC(N)C2)cc1. The molecule has 3 heteroatoms. The summed E-state index contributed by atoms with van der Waals surface area (Å²) in [6.45, 7) is 7.60. The molecule has 1 aromatic rings. The van der Waals surface area contributed by atoms with Crippen LogP contribution in [0.5, 0.6) is 0 Å². The van der Waals surface area contributed by atoms with E-state index in [1.807, 2.05) is 0 Å². The molecule has 1 amide bonds. The van der Waals surface area contributed by atoms with Crippen molar-refractivity contribution in [2.45, 2.75) is 70.4 Å². The first kappa shape index (κ1) is 16.5. The zero-order chi connectivity index (χ0) is 16.6. The van der Waals surface area contributed by atoms with Crippen molar-refractivity contribution in [2.75, 3.05) is 6.54 Å². The van der Waals surface area contributed by atoms with Crippen LogP contribution in [0.4, 0.5) is 0 Å². The van der Waals surface area contributed by atoms with Crippen LogP contribution in [-0.2, 0) is 10.2 Å². The summed E-state index contributed by atoms with van der Waals surface area (Å²) in [4.78, 5) is 15.0. The van der Waals surface area contributed by atoms with Gasteiger partial charge in [-0.05, 0) is 48.6 Å². The van der Waals surface area contributed by atoms with Crippen molar-refractivity contribution in [3.05, 3.63) is 35.4 Å². The molecule has 0 bridgehead atoms. The summed E-state index contributed by atoms with van der Waals surface area (Å²) < 4.78 is 0. The Morgan fingerprint density at radius 1 is 1.13 bits per heavy atom. The number of amides is 1. The average molecular weight is 314 g/mol. The van der Waals surface area contributed by atoms with Crippen molar-refractivity contribution in [3.8, 4) is 0 Å². The lowest BCUT2D eigenvalue weighted by Crippen LogP contribution is -2.35. The smallest absolute Gasteiger partial charge is 0.226 e. The fraction of sp³-hybridized carbons (Fsp3) is 0.650. The normalized spacial score (nSPS) is 28.3. The predicted octanol–water partition coefficient (Wildman–Crippen LogP) is 3.78. The highest BCUT2D eigenvalue weighted by molar-refractivity contribution is 5.80. The first-order valence-corrected chi connectivity index (χ1v) is 9.03. The van der Waals surface area contributed by atoms with Gasteiger partial charge in [-0.1, -0.05) is 45.0 Å². The molecule has 0 radical (unpaired) electrons. The molecular weight excluding hydrogens is 284 g/mol. The average Bonchev–Trinajstić information content (AvgIpc) is 3.14. The summed E-state index contributed by atoms with van der Waals surface area (Å²) in [6.07, 6.45) is 5.02. The van der Waals surface area contributed by atoms with Crippen LogP contribution in [0, 0.1) is 5.92 Å². The third-order valence-electron chi connectivity index (χ3n) is 5.52. The van der Waals surface area contributed by atoms with Gasteiger partial charge in [-0.2, -0.15) is 0 Å². The van der Waals surface area contributed by atoms with Gasteiger partial charge in [0.05, 0.1) is 6.04 Å². The summed E-state index contributed by atoms with van der Waals surface area (Å²) in [5.41, 5.74) is 8.79. The van der Waals surface area contributed by atoms with Crippen molar-refractivity contribution in [1.82, 2.24) is 4.90 Å². The maximum absolute atomic E-state index is 12.9. The van der Waals surface area contributed by atoms with Crippen LogP contribution in [-0.4, -0.2) is 23.4 Å². The van der Waals surface area contributed by atoms with Gasteiger partial charge in [0, 0.05) is 18.5 Å². The van der Waals surface area contributed by atoms with Gasteiger partial charge in [-0.25, -0.2) is 0 Å². The molecule has 0 spiro atoms. The zero-order valence-corrected chi connectivity index (χ0v) is 14.7. The van der Waals surface area contributed by atoms with Gasteiger partial charge in [0.25, 0.3) is 0 Å². The second kappa shape index (κ2) is 6.27. The molecule has 3 unspecified atom stereocenters. The molecule has 1 aliphatic heterocycles. The van der Waals surface area contributed by atoms with Crippen molar-refractivity contribution in [1.29, 1.82) is 0 Å². The number of hydrogen-bond acceptors (Lipinski definition) is 2. The summed E-state index contributed by atoms with van der Waals surface area (Å²) in [5, 5.41) is 0. The van der Waals surface area contributed by atoms with E-state index in [0.29, 0.717) is 5.91 Å². The zero-order valence-electron chi connectivity index (χ0n) is 14.7. The number of nitrogens with two attached hydrogens (primary N) is 1. The molecule has 3 nitrogen and oxygen atoms in total. The highest BCUT2D eigenvalue weighted by atomic mass is 16.2. The van der Waals surface area contributed by atoms with Gasteiger partial charge in [0.2, 0.25) is 5.91 Å².